The molecule has 0 N–H and O–H groups in total. The van der Waals surface area contributed by atoms with Crippen molar-refractivity contribution in [3.8, 4) is 11.1 Å². The summed E-state index contributed by atoms with van der Waals surface area (Å²) in [6.07, 6.45) is 16.3. The molecule has 0 bridgehead atoms. The zero-order chi connectivity index (χ0) is 29.6. The number of allylic oxidation sites excluding steroid dienone is 4. The van der Waals surface area contributed by atoms with Crippen molar-refractivity contribution in [2.75, 3.05) is 0 Å². The van der Waals surface area contributed by atoms with Gasteiger partial charge in [0.15, 0.2) is 0 Å². The molecule has 0 radical (unpaired) electrons. The van der Waals surface area contributed by atoms with Crippen LogP contribution in [0.4, 0.5) is 0 Å². The van der Waals surface area contributed by atoms with E-state index < -0.39 is 17.4 Å². The van der Waals surface area contributed by atoms with Crippen LogP contribution >= 0.6 is 0 Å². The maximum atomic E-state index is 2.54. The summed E-state index contributed by atoms with van der Waals surface area (Å²) in [6.45, 7) is 9.70. The third-order valence-corrected chi connectivity index (χ3v) is 15.8. The summed E-state index contributed by atoms with van der Waals surface area (Å²) in [7, 11) is 0. The summed E-state index contributed by atoms with van der Waals surface area (Å²) in [5, 5.41) is 0. The maximum Gasteiger partial charge on any atom is -1.00 e. The molecule has 230 valence electrons. The number of benzene rings is 4. The molecule has 0 heterocycles. The number of hydrogen-bond donors (Lipinski definition) is 0. The Kier molecular flexibility index (Phi) is 10.3. The summed E-state index contributed by atoms with van der Waals surface area (Å²) >= 11 is -1.93. The molecule has 0 spiro atoms. The summed E-state index contributed by atoms with van der Waals surface area (Å²) in [6, 6.07) is 34.7. The van der Waals surface area contributed by atoms with E-state index in [1.165, 1.54) is 65.5 Å². The molecule has 0 aromatic heterocycles. The van der Waals surface area contributed by atoms with Gasteiger partial charge in [0.1, 0.15) is 0 Å². The Labute approximate surface area is 289 Å². The summed E-state index contributed by atoms with van der Waals surface area (Å²) in [4.78, 5) is 0. The van der Waals surface area contributed by atoms with Gasteiger partial charge in [-0.3, -0.25) is 0 Å². The van der Waals surface area contributed by atoms with Crippen LogP contribution in [0, 0.1) is 0 Å². The SMILES string of the molecule is CC(C)(c1ccccc1)c1ccc2c(c1)Cc1c-2ccc(C(C)(C)c2ccccc2)[c]1[Ti+2]([C]1=CC=CC1)=[C]1CCCCC1.[Cl-].[Cl-]. The van der Waals surface area contributed by atoms with Crippen molar-refractivity contribution in [3.05, 3.63) is 146 Å². The Morgan fingerprint density at radius 2 is 1.24 bits per heavy atom. The van der Waals surface area contributed by atoms with Crippen LogP contribution in [0.15, 0.2) is 113 Å². The molecule has 0 amide bonds. The van der Waals surface area contributed by atoms with Crippen molar-refractivity contribution < 1.29 is 42.2 Å². The minimum Gasteiger partial charge on any atom is -1.00 e. The molecular weight excluding hydrogens is 623 g/mol. The zero-order valence-corrected chi connectivity index (χ0v) is 30.2. The van der Waals surface area contributed by atoms with Gasteiger partial charge < -0.3 is 24.8 Å². The number of rotatable bonds is 6. The first-order valence-corrected chi connectivity index (χ1v) is 18.7. The Morgan fingerprint density at radius 1 is 0.622 bits per heavy atom. The molecule has 3 aliphatic carbocycles. The number of halogens is 2. The molecule has 0 saturated heterocycles. The first-order valence-electron chi connectivity index (χ1n) is 16.4. The van der Waals surface area contributed by atoms with E-state index in [0.717, 1.165) is 12.8 Å². The maximum absolute atomic E-state index is 2.54. The van der Waals surface area contributed by atoms with E-state index in [1.807, 2.05) is 3.81 Å². The molecule has 4 aromatic rings. The van der Waals surface area contributed by atoms with E-state index >= 15 is 0 Å². The van der Waals surface area contributed by atoms with Crippen LogP contribution in [-0.4, -0.2) is 3.81 Å². The van der Waals surface area contributed by atoms with Crippen molar-refractivity contribution in [2.24, 2.45) is 0 Å². The van der Waals surface area contributed by atoms with Crippen LogP contribution in [0.3, 0.4) is 0 Å². The topological polar surface area (TPSA) is 0 Å². The smallest absolute Gasteiger partial charge is 1.00 e. The van der Waals surface area contributed by atoms with Crippen molar-refractivity contribution in [1.82, 2.24) is 0 Å². The van der Waals surface area contributed by atoms with E-state index in [0.29, 0.717) is 0 Å². The van der Waals surface area contributed by atoms with Gasteiger partial charge in [-0.25, -0.2) is 0 Å². The molecule has 3 aliphatic rings. The van der Waals surface area contributed by atoms with Gasteiger partial charge in [0.2, 0.25) is 0 Å². The van der Waals surface area contributed by atoms with Crippen LogP contribution in [0.5, 0.6) is 0 Å². The Balaban J connectivity index is 0.00000200. The largest absolute Gasteiger partial charge is 1.00 e. The average Bonchev–Trinajstić information content (AvgIpc) is 3.71. The van der Waals surface area contributed by atoms with Crippen LogP contribution in [-0.2, 0) is 34.7 Å². The minimum atomic E-state index is -1.93. The second kappa shape index (κ2) is 13.7. The molecular formula is C42H44Cl2Ti. The third kappa shape index (κ3) is 6.17. The van der Waals surface area contributed by atoms with E-state index in [1.54, 1.807) is 18.9 Å². The fourth-order valence-electron chi connectivity index (χ4n) is 7.93. The zero-order valence-electron chi connectivity index (χ0n) is 27.1. The number of hydrogen-bond acceptors (Lipinski definition) is 0. The predicted molar refractivity (Wildman–Crippen MR) is 181 cm³/mol. The van der Waals surface area contributed by atoms with Crippen molar-refractivity contribution >= 4 is 7.68 Å². The molecule has 0 nitrogen and oxygen atoms in total. The molecule has 3 heteroatoms. The molecule has 1 saturated carbocycles. The fraction of sp³-hybridized carbons (Fsp3) is 0.310. The quantitative estimate of drug-likeness (QED) is 0.239. The minimum absolute atomic E-state index is 0. The van der Waals surface area contributed by atoms with Crippen molar-refractivity contribution in [3.63, 3.8) is 0 Å². The van der Waals surface area contributed by atoms with E-state index in [-0.39, 0.29) is 35.6 Å². The fourth-order valence-corrected chi connectivity index (χ4v) is 13.8. The van der Waals surface area contributed by atoms with Crippen LogP contribution < -0.4 is 28.7 Å². The van der Waals surface area contributed by atoms with Gasteiger partial charge >= 0.3 is 266 Å². The molecule has 0 unspecified atom stereocenters. The van der Waals surface area contributed by atoms with E-state index in [2.05, 4.69) is 137 Å². The molecule has 1 fully saturated rings. The van der Waals surface area contributed by atoms with E-state index in [4.69, 9.17) is 0 Å². The Hall–Kier alpha value is -2.48. The molecule has 0 atom stereocenters. The van der Waals surface area contributed by atoms with Gasteiger partial charge in [-0.15, -0.1) is 0 Å². The summed E-state index contributed by atoms with van der Waals surface area (Å²) in [5.41, 5.74) is 11.8. The van der Waals surface area contributed by atoms with Crippen molar-refractivity contribution in [1.29, 1.82) is 0 Å². The average molecular weight is 668 g/mol. The van der Waals surface area contributed by atoms with E-state index in [9.17, 15) is 0 Å². The van der Waals surface area contributed by atoms with Gasteiger partial charge in [0.05, 0.1) is 0 Å². The second-order valence-electron chi connectivity index (χ2n) is 13.9. The Bertz CT molecular complexity index is 1770. The monoisotopic (exact) mass is 666 g/mol. The molecule has 45 heavy (non-hydrogen) atoms. The predicted octanol–water partition coefficient (Wildman–Crippen LogP) is 4.14. The normalized spacial score (nSPS) is 15.3. The van der Waals surface area contributed by atoms with Gasteiger partial charge in [0.25, 0.3) is 0 Å². The van der Waals surface area contributed by atoms with Crippen LogP contribution in [0.1, 0.15) is 99.6 Å². The first-order chi connectivity index (χ1) is 20.9. The first kappa shape index (κ1) is 33.9. The van der Waals surface area contributed by atoms with Gasteiger partial charge in [0, 0.05) is 0 Å². The molecule has 7 rings (SSSR count). The third-order valence-electron chi connectivity index (χ3n) is 10.6. The van der Waals surface area contributed by atoms with Crippen molar-refractivity contribution in [2.45, 2.75) is 83.5 Å². The Morgan fingerprint density at radius 3 is 1.87 bits per heavy atom. The molecule has 0 aliphatic heterocycles. The van der Waals surface area contributed by atoms with Crippen LogP contribution in [0.25, 0.3) is 11.1 Å². The standard InChI is InChI=1S/C31H29.C6H10.C5H5.2ClH.Ti/c1-30(2,24-11-7-5-8-12-24)26-15-17-28-22(20-26)19-23-21-27(16-18-29(23)28)31(3,4)25-13-9-6-10-14-25;1-2-4-6-5-3-1;1-2-4-5-3-1;;;/h5-18,20H,19H2,1-4H3;1-5H2;1-3H,4H2;2*1H;/q;;;;;+2/p-2. The van der Waals surface area contributed by atoms with Gasteiger partial charge in [-0.2, -0.15) is 0 Å². The number of fused-ring (bicyclic) bond motifs is 3. The van der Waals surface area contributed by atoms with Crippen LogP contribution in [0.2, 0.25) is 0 Å². The van der Waals surface area contributed by atoms with Gasteiger partial charge in [-0.05, 0) is 0 Å². The van der Waals surface area contributed by atoms with Gasteiger partial charge in [-0.1, -0.05) is 0 Å². The summed E-state index contributed by atoms with van der Waals surface area (Å²) < 4.78 is 5.47. The second-order valence-corrected chi connectivity index (χ2v) is 18.0. The molecule has 4 aromatic carbocycles. The summed E-state index contributed by atoms with van der Waals surface area (Å²) in [5.74, 6) is 0.